The molecule has 1 aromatic carbocycles. The molecule has 1 aliphatic heterocycles. The van der Waals surface area contributed by atoms with E-state index in [0.717, 1.165) is 24.7 Å². The Hall–Kier alpha value is -1.68. The minimum absolute atomic E-state index is 0.302. The van der Waals surface area contributed by atoms with Crippen LogP contribution in [0.1, 0.15) is 36.8 Å². The highest BCUT2D eigenvalue weighted by Gasteiger charge is 2.27. The number of rotatable bonds is 2. The zero-order valence-electron chi connectivity index (χ0n) is 12.6. The molecule has 1 unspecified atom stereocenters. The number of hydrogen-bond acceptors (Lipinski definition) is 3. The van der Waals surface area contributed by atoms with Gasteiger partial charge in [0.15, 0.2) is 11.6 Å². The Morgan fingerprint density at radius 2 is 1.85 bits per heavy atom. The fourth-order valence-corrected chi connectivity index (χ4v) is 3.04. The van der Waals surface area contributed by atoms with Gasteiger partial charge in [-0.2, -0.15) is 0 Å². The average molecular weight is 270 g/mol. The van der Waals surface area contributed by atoms with E-state index in [2.05, 4.69) is 66.0 Å². The molecule has 20 heavy (non-hydrogen) atoms. The van der Waals surface area contributed by atoms with E-state index in [9.17, 15) is 0 Å². The van der Waals surface area contributed by atoms with Gasteiger partial charge in [-0.05, 0) is 31.9 Å². The van der Waals surface area contributed by atoms with Gasteiger partial charge in [0.05, 0.1) is 6.04 Å². The molecule has 0 fully saturated rings. The van der Waals surface area contributed by atoms with E-state index in [1.807, 2.05) is 0 Å². The highest BCUT2D eigenvalue weighted by Crippen LogP contribution is 2.28. The topological polar surface area (TPSA) is 42.7 Å². The predicted octanol–water partition coefficient (Wildman–Crippen LogP) is 2.86. The first-order chi connectivity index (χ1) is 9.56. The van der Waals surface area contributed by atoms with Crippen molar-refractivity contribution in [1.82, 2.24) is 20.1 Å². The minimum Gasteiger partial charge on any atom is -0.308 e. The van der Waals surface area contributed by atoms with Crippen LogP contribution in [0.4, 0.5) is 0 Å². The summed E-state index contributed by atoms with van der Waals surface area (Å²) in [4.78, 5) is 0. The summed E-state index contributed by atoms with van der Waals surface area (Å²) in [6, 6.07) is 6.87. The van der Waals surface area contributed by atoms with Crippen LogP contribution in [0.25, 0.3) is 11.4 Å². The second kappa shape index (κ2) is 5.02. The van der Waals surface area contributed by atoms with Crippen LogP contribution in [-0.4, -0.2) is 21.3 Å². The van der Waals surface area contributed by atoms with Crippen LogP contribution in [0.15, 0.2) is 18.2 Å². The lowest BCUT2D eigenvalue weighted by Gasteiger charge is -2.27. The van der Waals surface area contributed by atoms with E-state index in [-0.39, 0.29) is 0 Å². The van der Waals surface area contributed by atoms with E-state index in [0.29, 0.717) is 12.0 Å². The first-order valence-corrected chi connectivity index (χ1v) is 7.31. The number of aryl methyl sites for hydroxylation is 2. The number of benzene rings is 1. The molecule has 0 saturated carbocycles. The minimum atomic E-state index is 0.302. The number of hydrogen-bond donors (Lipinski definition) is 1. The Labute approximate surface area is 120 Å². The van der Waals surface area contributed by atoms with Gasteiger partial charge >= 0.3 is 0 Å². The lowest BCUT2D eigenvalue weighted by Crippen LogP contribution is -2.36. The van der Waals surface area contributed by atoms with E-state index in [1.54, 1.807) is 0 Å². The van der Waals surface area contributed by atoms with Crippen molar-refractivity contribution in [1.29, 1.82) is 0 Å². The molecule has 1 N–H and O–H groups in total. The van der Waals surface area contributed by atoms with Crippen molar-refractivity contribution in [3.05, 3.63) is 35.2 Å². The molecule has 0 aliphatic carbocycles. The lowest BCUT2D eigenvalue weighted by molar-refractivity contribution is 0.339. The molecule has 0 bridgehead atoms. The Bertz CT molecular complexity index is 607. The van der Waals surface area contributed by atoms with E-state index < -0.39 is 0 Å². The van der Waals surface area contributed by atoms with Crippen LogP contribution in [0, 0.1) is 19.8 Å². The summed E-state index contributed by atoms with van der Waals surface area (Å²) < 4.78 is 2.27. The fraction of sp³-hybridized carbons (Fsp3) is 0.500. The van der Waals surface area contributed by atoms with Crippen LogP contribution in [-0.2, 0) is 6.54 Å². The second-order valence-corrected chi connectivity index (χ2v) is 6.09. The number of nitrogens with zero attached hydrogens (tertiary/aromatic N) is 3. The van der Waals surface area contributed by atoms with Crippen LogP contribution < -0.4 is 5.32 Å². The van der Waals surface area contributed by atoms with Gasteiger partial charge in [0, 0.05) is 18.7 Å². The van der Waals surface area contributed by atoms with Crippen LogP contribution >= 0.6 is 0 Å². The molecule has 0 saturated heterocycles. The smallest absolute Gasteiger partial charge is 0.164 e. The third-order valence-electron chi connectivity index (χ3n) is 3.90. The average Bonchev–Trinajstić information content (AvgIpc) is 2.80. The Morgan fingerprint density at radius 1 is 1.15 bits per heavy atom. The van der Waals surface area contributed by atoms with Crippen molar-refractivity contribution in [2.45, 2.75) is 40.3 Å². The highest BCUT2D eigenvalue weighted by atomic mass is 15.3. The number of fused-ring (bicyclic) bond motifs is 1. The summed E-state index contributed by atoms with van der Waals surface area (Å²) in [5, 5.41) is 12.4. The van der Waals surface area contributed by atoms with Crippen molar-refractivity contribution in [3.8, 4) is 11.4 Å². The highest BCUT2D eigenvalue weighted by molar-refractivity contribution is 5.58. The summed E-state index contributed by atoms with van der Waals surface area (Å²) in [5.41, 5.74) is 3.71. The monoisotopic (exact) mass is 270 g/mol. The summed E-state index contributed by atoms with van der Waals surface area (Å²) >= 11 is 0. The lowest BCUT2D eigenvalue weighted by atomic mass is 10.0. The van der Waals surface area contributed by atoms with Crippen molar-refractivity contribution >= 4 is 0 Å². The molecule has 0 radical (unpaired) electrons. The van der Waals surface area contributed by atoms with Crippen molar-refractivity contribution in [2.24, 2.45) is 5.92 Å². The molecule has 2 aromatic rings. The normalized spacial score (nSPS) is 18.4. The summed E-state index contributed by atoms with van der Waals surface area (Å²) in [6.45, 7) is 10.6. The van der Waals surface area contributed by atoms with Gasteiger partial charge in [-0.1, -0.05) is 31.0 Å². The fourth-order valence-electron chi connectivity index (χ4n) is 3.04. The van der Waals surface area contributed by atoms with Gasteiger partial charge in [0.1, 0.15) is 0 Å². The molecule has 3 rings (SSSR count). The third-order valence-corrected chi connectivity index (χ3v) is 3.90. The maximum atomic E-state index is 4.46. The van der Waals surface area contributed by atoms with Gasteiger partial charge in [-0.25, -0.2) is 0 Å². The maximum Gasteiger partial charge on any atom is 0.164 e. The molecule has 1 aliphatic rings. The zero-order valence-corrected chi connectivity index (χ0v) is 12.6. The molecule has 4 nitrogen and oxygen atoms in total. The molecule has 1 atom stereocenters. The SMILES string of the molecule is Cc1cc(C)cc(-c2nnc3n2CCNC3C(C)C)c1. The third kappa shape index (κ3) is 2.24. The van der Waals surface area contributed by atoms with Crippen LogP contribution in [0.2, 0.25) is 0 Å². The Balaban J connectivity index is 2.08. The maximum absolute atomic E-state index is 4.46. The van der Waals surface area contributed by atoms with E-state index in [4.69, 9.17) is 0 Å². The summed E-state index contributed by atoms with van der Waals surface area (Å²) in [6.07, 6.45) is 0. The first kappa shape index (κ1) is 13.3. The molecule has 1 aromatic heterocycles. The van der Waals surface area contributed by atoms with Crippen molar-refractivity contribution in [3.63, 3.8) is 0 Å². The molecule has 4 heteroatoms. The van der Waals surface area contributed by atoms with Crippen molar-refractivity contribution < 1.29 is 0 Å². The molecule has 106 valence electrons. The molecule has 0 spiro atoms. The number of nitrogens with one attached hydrogen (secondary N) is 1. The Morgan fingerprint density at radius 3 is 2.50 bits per heavy atom. The summed E-state index contributed by atoms with van der Waals surface area (Å²) in [7, 11) is 0. The van der Waals surface area contributed by atoms with E-state index >= 15 is 0 Å². The second-order valence-electron chi connectivity index (χ2n) is 6.09. The van der Waals surface area contributed by atoms with Gasteiger partial charge in [-0.15, -0.1) is 10.2 Å². The van der Waals surface area contributed by atoms with E-state index in [1.165, 1.54) is 16.7 Å². The predicted molar refractivity (Wildman–Crippen MR) is 80.5 cm³/mol. The molecular formula is C16H22N4. The first-order valence-electron chi connectivity index (χ1n) is 7.31. The molecular weight excluding hydrogens is 248 g/mol. The van der Waals surface area contributed by atoms with Gasteiger partial charge in [0.25, 0.3) is 0 Å². The summed E-state index contributed by atoms with van der Waals surface area (Å²) in [5.74, 6) is 2.59. The zero-order chi connectivity index (χ0) is 14.3. The molecule has 0 amide bonds. The van der Waals surface area contributed by atoms with Crippen LogP contribution in [0.3, 0.4) is 0 Å². The van der Waals surface area contributed by atoms with Crippen molar-refractivity contribution in [2.75, 3.05) is 6.54 Å². The Kier molecular flexibility index (Phi) is 3.34. The van der Waals surface area contributed by atoms with Gasteiger partial charge < -0.3 is 9.88 Å². The van der Waals surface area contributed by atoms with Gasteiger partial charge in [0.2, 0.25) is 0 Å². The largest absolute Gasteiger partial charge is 0.308 e. The number of aromatic nitrogens is 3. The molecule has 2 heterocycles. The quantitative estimate of drug-likeness (QED) is 0.912. The van der Waals surface area contributed by atoms with Crippen LogP contribution in [0.5, 0.6) is 0 Å². The standard InChI is InChI=1S/C16H22N4/c1-10(2)14-16-19-18-15(20(16)6-5-17-14)13-8-11(3)7-12(4)9-13/h7-10,14,17H,5-6H2,1-4H3. The van der Waals surface area contributed by atoms with Gasteiger partial charge in [-0.3, -0.25) is 0 Å².